The van der Waals surface area contributed by atoms with Crippen LogP contribution in [0.2, 0.25) is 0 Å². The van der Waals surface area contributed by atoms with Gasteiger partial charge in [0.1, 0.15) is 0 Å². The Hall–Kier alpha value is -2.40. The van der Waals surface area contributed by atoms with Crippen LogP contribution in [0.5, 0.6) is 0 Å². The second-order valence-corrected chi connectivity index (χ2v) is 12.6. The number of aryl methyl sites for hydroxylation is 1. The van der Waals surface area contributed by atoms with Gasteiger partial charge in [-0.1, -0.05) is 50.1 Å². The number of hydrogen-bond donors (Lipinski definition) is 0. The van der Waals surface area contributed by atoms with E-state index in [0.29, 0.717) is 0 Å². The van der Waals surface area contributed by atoms with Crippen LogP contribution in [0.15, 0.2) is 93.9 Å². The maximum atomic E-state index is 3.59. The summed E-state index contributed by atoms with van der Waals surface area (Å²) in [5.74, 6) is 0. The fraction of sp³-hybridized carbons (Fsp3) is 0.250. The number of nitrogens with zero attached hydrogens (tertiary/aromatic N) is 2. The van der Waals surface area contributed by atoms with Crippen molar-refractivity contribution in [2.75, 3.05) is 11.9 Å². The number of anilines is 3. The lowest BCUT2D eigenvalue weighted by Crippen LogP contribution is -2.42. The molecule has 36 heavy (non-hydrogen) atoms. The van der Waals surface area contributed by atoms with Gasteiger partial charge in [-0.25, -0.2) is 0 Å². The van der Waals surface area contributed by atoms with Crippen LogP contribution in [0.1, 0.15) is 44.4 Å². The molecule has 4 heteroatoms. The van der Waals surface area contributed by atoms with Gasteiger partial charge in [0.2, 0.25) is 0 Å². The molecule has 0 saturated carbocycles. The van der Waals surface area contributed by atoms with Crippen molar-refractivity contribution < 1.29 is 0 Å². The van der Waals surface area contributed by atoms with Gasteiger partial charge in [0.15, 0.2) is 0 Å². The zero-order valence-electron chi connectivity index (χ0n) is 21.7. The minimum Gasteiger partial charge on any atom is -0.310 e. The van der Waals surface area contributed by atoms with Gasteiger partial charge in [0.25, 0.3) is 0 Å². The molecule has 0 atom stereocenters. The maximum absolute atomic E-state index is 3.59. The van der Waals surface area contributed by atoms with E-state index in [1.165, 1.54) is 27.8 Å². The third-order valence-corrected chi connectivity index (χ3v) is 9.03. The van der Waals surface area contributed by atoms with Gasteiger partial charge < -0.3 is 4.90 Å². The molecule has 1 aliphatic heterocycles. The summed E-state index contributed by atoms with van der Waals surface area (Å²) < 4.78 is 2.14. The van der Waals surface area contributed by atoms with Crippen LogP contribution < -0.4 is 4.90 Å². The van der Waals surface area contributed by atoms with E-state index in [4.69, 9.17) is 0 Å². The Bertz CT molecular complexity index is 1370. The summed E-state index contributed by atoms with van der Waals surface area (Å²) in [5.41, 5.74) is 9.98. The predicted octanol–water partition coefficient (Wildman–Crippen LogP) is 10.1. The van der Waals surface area contributed by atoms with E-state index in [2.05, 4.69) is 168 Å². The van der Waals surface area contributed by atoms with Crippen molar-refractivity contribution in [3.63, 3.8) is 0 Å². The van der Waals surface area contributed by atoms with Crippen molar-refractivity contribution >= 4 is 48.9 Å². The molecule has 1 aliphatic rings. The van der Waals surface area contributed by atoms with Crippen LogP contribution in [0.25, 0.3) is 11.1 Å². The molecule has 184 valence electrons. The van der Waals surface area contributed by atoms with E-state index in [-0.39, 0.29) is 11.1 Å². The zero-order chi connectivity index (χ0) is 25.8. The maximum Gasteiger partial charge on any atom is 0.0467 e. The number of hydrogen-bond acceptors (Lipinski definition) is 2. The first-order valence-corrected chi connectivity index (χ1v) is 13.9. The minimum absolute atomic E-state index is 0.00816. The van der Waals surface area contributed by atoms with Crippen LogP contribution in [-0.4, -0.2) is 11.9 Å². The quantitative estimate of drug-likeness (QED) is 0.229. The van der Waals surface area contributed by atoms with Crippen LogP contribution in [0, 0.1) is 6.92 Å². The second kappa shape index (κ2) is 9.16. The molecule has 0 aliphatic carbocycles. The van der Waals surface area contributed by atoms with Crippen LogP contribution in [0.3, 0.4) is 0 Å². The van der Waals surface area contributed by atoms with Crippen LogP contribution >= 0.6 is 31.9 Å². The Morgan fingerprint density at radius 1 is 0.611 bits per heavy atom. The predicted molar refractivity (Wildman–Crippen MR) is 161 cm³/mol. The van der Waals surface area contributed by atoms with E-state index < -0.39 is 0 Å². The minimum atomic E-state index is -0.0265. The largest absolute Gasteiger partial charge is 0.310 e. The Morgan fingerprint density at radius 2 is 1.11 bits per heavy atom. The summed E-state index contributed by atoms with van der Waals surface area (Å²) in [6.45, 7) is 11.5. The third kappa shape index (κ3) is 4.23. The molecule has 0 bridgehead atoms. The molecule has 2 nitrogen and oxygen atoms in total. The molecule has 5 rings (SSSR count). The van der Waals surface area contributed by atoms with Gasteiger partial charge in [-0.3, -0.25) is 4.90 Å². The molecule has 0 fully saturated rings. The Kier molecular flexibility index (Phi) is 6.43. The number of benzene rings is 4. The van der Waals surface area contributed by atoms with E-state index in [1.54, 1.807) is 0 Å². The van der Waals surface area contributed by atoms with Gasteiger partial charge in [-0.15, -0.1) is 0 Å². The summed E-state index contributed by atoms with van der Waals surface area (Å²) in [4.78, 5) is 4.80. The monoisotopic (exact) mass is 602 g/mol. The Morgan fingerprint density at radius 3 is 1.67 bits per heavy atom. The Balaban J connectivity index is 1.65. The third-order valence-electron chi connectivity index (χ3n) is 7.97. The average Bonchev–Trinajstić information content (AvgIpc) is 2.99. The molecule has 0 unspecified atom stereocenters. The zero-order valence-corrected chi connectivity index (χ0v) is 24.9. The molecule has 4 aromatic carbocycles. The molecule has 0 aromatic heterocycles. The standard InChI is InChI=1S/C32H32Br2N2/c1-21-7-13-27(36(25-14-9-23(33)10-15-25)26-16-11-24(34)12-17-26)20-28(21)22-8-18-29-30(19-22)32(4,5)35(6)31(29,2)3/h7-20H,1-6H3. The molecule has 0 N–H and O–H groups in total. The summed E-state index contributed by atoms with van der Waals surface area (Å²) in [6.07, 6.45) is 0. The average molecular weight is 604 g/mol. The lowest BCUT2D eigenvalue weighted by molar-refractivity contribution is 0.0730. The first-order chi connectivity index (χ1) is 17.0. The van der Waals surface area contributed by atoms with E-state index in [1.807, 2.05) is 0 Å². The van der Waals surface area contributed by atoms with Crippen LogP contribution in [0.4, 0.5) is 17.1 Å². The molecule has 0 radical (unpaired) electrons. The molecular weight excluding hydrogens is 572 g/mol. The summed E-state index contributed by atoms with van der Waals surface area (Å²) in [6, 6.07) is 30.8. The molecule has 4 aromatic rings. The normalized spacial score (nSPS) is 16.1. The SMILES string of the molecule is Cc1ccc(N(c2ccc(Br)cc2)c2ccc(Br)cc2)cc1-c1ccc2c(c1)C(C)(C)N(C)C2(C)C. The van der Waals surface area contributed by atoms with Crippen LogP contribution in [-0.2, 0) is 11.1 Å². The second-order valence-electron chi connectivity index (χ2n) is 10.7. The van der Waals surface area contributed by atoms with Crippen molar-refractivity contribution in [2.45, 2.75) is 45.7 Å². The number of halogens is 2. The van der Waals surface area contributed by atoms with E-state index >= 15 is 0 Å². The van der Waals surface area contributed by atoms with E-state index in [0.717, 1.165) is 26.0 Å². The topological polar surface area (TPSA) is 6.48 Å². The molecule has 0 amide bonds. The van der Waals surface area contributed by atoms with E-state index in [9.17, 15) is 0 Å². The highest BCUT2D eigenvalue weighted by molar-refractivity contribution is 9.10. The van der Waals surface area contributed by atoms with Crippen molar-refractivity contribution in [3.05, 3.63) is 111 Å². The van der Waals surface area contributed by atoms with Crippen molar-refractivity contribution in [1.29, 1.82) is 0 Å². The van der Waals surface area contributed by atoms with Crippen molar-refractivity contribution in [2.24, 2.45) is 0 Å². The highest BCUT2D eigenvalue weighted by Gasteiger charge is 2.46. The Labute approximate surface area is 232 Å². The smallest absolute Gasteiger partial charge is 0.0467 e. The lowest BCUT2D eigenvalue weighted by atomic mass is 9.87. The first-order valence-electron chi connectivity index (χ1n) is 12.3. The summed E-state index contributed by atoms with van der Waals surface area (Å²) in [5, 5.41) is 0. The molecule has 0 spiro atoms. The highest BCUT2D eigenvalue weighted by Crippen LogP contribution is 2.49. The lowest BCUT2D eigenvalue weighted by Gasteiger charge is -2.37. The highest BCUT2D eigenvalue weighted by atomic mass is 79.9. The van der Waals surface area contributed by atoms with Gasteiger partial charge in [0, 0.05) is 37.1 Å². The van der Waals surface area contributed by atoms with Crippen molar-refractivity contribution in [1.82, 2.24) is 4.90 Å². The van der Waals surface area contributed by atoms with Gasteiger partial charge in [0.05, 0.1) is 0 Å². The summed E-state index contributed by atoms with van der Waals surface area (Å²) >= 11 is 7.17. The first kappa shape index (κ1) is 25.3. The molecule has 1 heterocycles. The van der Waals surface area contributed by atoms with Crippen molar-refractivity contribution in [3.8, 4) is 11.1 Å². The van der Waals surface area contributed by atoms with Gasteiger partial charge in [-0.2, -0.15) is 0 Å². The molecular formula is C32H32Br2N2. The number of fused-ring (bicyclic) bond motifs is 1. The fourth-order valence-electron chi connectivity index (χ4n) is 5.50. The number of rotatable bonds is 4. The molecule has 0 saturated heterocycles. The summed E-state index contributed by atoms with van der Waals surface area (Å²) in [7, 11) is 2.24. The van der Waals surface area contributed by atoms with Gasteiger partial charge >= 0.3 is 0 Å². The van der Waals surface area contributed by atoms with Gasteiger partial charge in [-0.05, 0) is 136 Å². The fourth-order valence-corrected chi connectivity index (χ4v) is 6.03.